The van der Waals surface area contributed by atoms with Gasteiger partial charge < -0.3 is 10.3 Å². The van der Waals surface area contributed by atoms with Gasteiger partial charge >= 0.3 is 0 Å². The number of H-pyrrole nitrogens is 1. The summed E-state index contributed by atoms with van der Waals surface area (Å²) in [4.78, 5) is 14.6. The standard InChI is InChI=1S/C28H36N6S/c1-15(2)23-24(20-10-16(3)26-29-14-30-34(26)13-20)32-28-25(23)33-27(35-28)18-5-7-21(8-6-18)31-22-9-4-17-11-19(22)12-17/h10,13-15,17-19,21-22,31-32H,4-9,11-12H2,1-3H3. The fraction of sp³-hybridized carbons (Fsp3) is 0.607. The lowest BCUT2D eigenvalue weighted by atomic mass is 9.62. The van der Waals surface area contributed by atoms with Crippen LogP contribution >= 0.6 is 11.3 Å². The molecule has 4 heterocycles. The Balaban J connectivity index is 1.11. The maximum atomic E-state index is 5.27. The van der Waals surface area contributed by atoms with E-state index in [0.29, 0.717) is 17.9 Å². The number of thiazole rings is 1. The van der Waals surface area contributed by atoms with Crippen LogP contribution in [0.25, 0.3) is 27.3 Å². The average molecular weight is 489 g/mol. The fourth-order valence-corrected chi connectivity index (χ4v) is 8.28. The summed E-state index contributed by atoms with van der Waals surface area (Å²) in [5.41, 5.74) is 6.89. The Morgan fingerprint density at radius 1 is 1.11 bits per heavy atom. The van der Waals surface area contributed by atoms with E-state index >= 15 is 0 Å². The van der Waals surface area contributed by atoms with Gasteiger partial charge in [-0.05, 0) is 87.7 Å². The molecule has 8 rings (SSSR count). The molecule has 4 fully saturated rings. The molecule has 4 aliphatic carbocycles. The van der Waals surface area contributed by atoms with Crippen molar-refractivity contribution in [1.82, 2.24) is 29.9 Å². The van der Waals surface area contributed by atoms with Gasteiger partial charge in [0.05, 0.1) is 10.7 Å². The third-order valence-electron chi connectivity index (χ3n) is 9.09. The highest BCUT2D eigenvalue weighted by atomic mass is 32.1. The number of nitrogens with zero attached hydrogens (tertiary/aromatic N) is 4. The summed E-state index contributed by atoms with van der Waals surface area (Å²) >= 11 is 1.88. The van der Waals surface area contributed by atoms with Crippen molar-refractivity contribution in [3.63, 3.8) is 0 Å². The molecule has 6 nitrogen and oxygen atoms in total. The molecule has 184 valence electrons. The summed E-state index contributed by atoms with van der Waals surface area (Å²) < 4.78 is 1.88. The Morgan fingerprint density at radius 2 is 1.94 bits per heavy atom. The van der Waals surface area contributed by atoms with Crippen LogP contribution in [0.5, 0.6) is 0 Å². The molecule has 7 heteroatoms. The smallest absolute Gasteiger partial charge is 0.158 e. The van der Waals surface area contributed by atoms with Gasteiger partial charge in [0.15, 0.2) is 5.65 Å². The van der Waals surface area contributed by atoms with Crippen LogP contribution in [-0.4, -0.2) is 36.6 Å². The molecule has 0 amide bonds. The maximum absolute atomic E-state index is 5.27. The second-order valence-corrected chi connectivity index (χ2v) is 12.8. The molecule has 4 aliphatic rings. The zero-order chi connectivity index (χ0) is 23.7. The van der Waals surface area contributed by atoms with Gasteiger partial charge in [0.2, 0.25) is 0 Å². The Kier molecular flexibility index (Phi) is 5.28. The monoisotopic (exact) mass is 488 g/mol. The zero-order valence-corrected chi connectivity index (χ0v) is 21.9. The van der Waals surface area contributed by atoms with Gasteiger partial charge in [-0.2, -0.15) is 5.10 Å². The maximum Gasteiger partial charge on any atom is 0.158 e. The van der Waals surface area contributed by atoms with E-state index in [0.717, 1.165) is 34.7 Å². The van der Waals surface area contributed by atoms with E-state index in [1.807, 2.05) is 15.9 Å². The largest absolute Gasteiger partial charge is 0.345 e. The van der Waals surface area contributed by atoms with Crippen LogP contribution in [0.3, 0.4) is 0 Å². The van der Waals surface area contributed by atoms with Gasteiger partial charge in [0, 0.05) is 35.3 Å². The molecular formula is C28H36N6S. The SMILES string of the molecule is Cc1cc(-c2[nH]c3sc(C4CCC(NC5CCC6CC5C6)CC4)nc3c2C(C)C)cn2ncnc12. The molecule has 0 spiro atoms. The van der Waals surface area contributed by atoms with E-state index in [4.69, 9.17) is 4.98 Å². The molecule has 1 unspecified atom stereocenters. The van der Waals surface area contributed by atoms with Gasteiger partial charge in [-0.1, -0.05) is 13.8 Å². The molecule has 4 saturated carbocycles. The molecule has 0 aromatic carbocycles. The number of aromatic amines is 1. The van der Waals surface area contributed by atoms with Crippen molar-refractivity contribution in [2.75, 3.05) is 0 Å². The summed E-state index contributed by atoms with van der Waals surface area (Å²) in [5, 5.41) is 9.78. The number of aryl methyl sites for hydroxylation is 1. The van der Waals surface area contributed by atoms with Gasteiger partial charge in [-0.25, -0.2) is 14.5 Å². The van der Waals surface area contributed by atoms with Gasteiger partial charge in [-0.3, -0.25) is 0 Å². The fourth-order valence-electron chi connectivity index (χ4n) is 7.13. The molecule has 0 saturated heterocycles. The van der Waals surface area contributed by atoms with Crippen LogP contribution in [0.2, 0.25) is 0 Å². The molecular weight excluding hydrogens is 452 g/mol. The number of pyridine rings is 1. The van der Waals surface area contributed by atoms with Gasteiger partial charge in [0.25, 0.3) is 0 Å². The molecule has 2 N–H and O–H groups in total. The minimum Gasteiger partial charge on any atom is -0.345 e. The topological polar surface area (TPSA) is 70.9 Å². The third-order valence-corrected chi connectivity index (χ3v) is 10.2. The summed E-state index contributed by atoms with van der Waals surface area (Å²) in [7, 11) is 0. The van der Waals surface area contributed by atoms with Crippen molar-refractivity contribution in [2.24, 2.45) is 11.8 Å². The van der Waals surface area contributed by atoms with E-state index in [1.54, 1.807) is 6.33 Å². The van der Waals surface area contributed by atoms with E-state index in [2.05, 4.69) is 53.4 Å². The Labute approximate surface area is 211 Å². The van der Waals surface area contributed by atoms with E-state index < -0.39 is 0 Å². The first-order chi connectivity index (χ1) is 17.0. The minimum absolute atomic E-state index is 0.391. The molecule has 4 aromatic rings. The van der Waals surface area contributed by atoms with E-state index in [-0.39, 0.29) is 0 Å². The summed E-state index contributed by atoms with van der Waals surface area (Å²) in [5.74, 6) is 3.04. The summed E-state index contributed by atoms with van der Waals surface area (Å²) in [6.07, 6.45) is 14.7. The lowest BCUT2D eigenvalue weighted by Crippen LogP contribution is -2.51. The normalized spacial score (nSPS) is 28.7. The molecule has 1 atom stereocenters. The third kappa shape index (κ3) is 3.73. The number of hydrogen-bond donors (Lipinski definition) is 2. The summed E-state index contributed by atoms with van der Waals surface area (Å²) in [6, 6.07) is 3.73. The number of fused-ring (bicyclic) bond motifs is 4. The Hall–Kier alpha value is -2.25. The highest BCUT2D eigenvalue weighted by Crippen LogP contribution is 2.46. The number of hydrogen-bond acceptors (Lipinski definition) is 5. The van der Waals surface area contributed by atoms with Crippen LogP contribution in [0, 0.1) is 18.8 Å². The van der Waals surface area contributed by atoms with Crippen LogP contribution in [0.1, 0.15) is 93.2 Å². The molecule has 4 aromatic heterocycles. The lowest BCUT2D eigenvalue weighted by Gasteiger charge is -2.48. The summed E-state index contributed by atoms with van der Waals surface area (Å²) in [6.45, 7) is 6.66. The number of rotatable bonds is 5. The zero-order valence-electron chi connectivity index (χ0n) is 21.1. The number of aromatic nitrogens is 5. The molecule has 0 radical (unpaired) electrons. The van der Waals surface area contributed by atoms with Crippen molar-refractivity contribution in [3.05, 3.63) is 34.7 Å². The van der Waals surface area contributed by atoms with Crippen molar-refractivity contribution in [1.29, 1.82) is 0 Å². The molecule has 2 bridgehead atoms. The Morgan fingerprint density at radius 3 is 2.69 bits per heavy atom. The van der Waals surface area contributed by atoms with Crippen LogP contribution in [-0.2, 0) is 0 Å². The molecule has 0 aliphatic heterocycles. The van der Waals surface area contributed by atoms with Crippen LogP contribution < -0.4 is 5.32 Å². The first-order valence-corrected chi connectivity index (χ1v) is 14.4. The highest BCUT2D eigenvalue weighted by Gasteiger charge is 2.40. The van der Waals surface area contributed by atoms with E-state index in [1.165, 1.54) is 78.0 Å². The lowest BCUT2D eigenvalue weighted by molar-refractivity contribution is 0.0635. The van der Waals surface area contributed by atoms with Crippen LogP contribution in [0.15, 0.2) is 18.6 Å². The molecule has 35 heavy (non-hydrogen) atoms. The highest BCUT2D eigenvalue weighted by molar-refractivity contribution is 7.18. The second kappa shape index (κ2) is 8.41. The second-order valence-electron chi connectivity index (χ2n) is 11.7. The van der Waals surface area contributed by atoms with Crippen molar-refractivity contribution >= 4 is 27.3 Å². The van der Waals surface area contributed by atoms with Crippen LogP contribution in [0.4, 0.5) is 0 Å². The number of nitrogens with one attached hydrogen (secondary N) is 2. The van der Waals surface area contributed by atoms with E-state index in [9.17, 15) is 0 Å². The van der Waals surface area contributed by atoms with Crippen molar-refractivity contribution in [2.45, 2.75) is 96.1 Å². The predicted molar refractivity (Wildman–Crippen MR) is 142 cm³/mol. The average Bonchev–Trinajstić information content (AvgIpc) is 3.53. The first kappa shape index (κ1) is 22.0. The predicted octanol–water partition coefficient (Wildman–Crippen LogP) is 6.57. The van der Waals surface area contributed by atoms with Gasteiger partial charge in [-0.15, -0.1) is 11.3 Å². The minimum atomic E-state index is 0.391. The quantitative estimate of drug-likeness (QED) is 0.333. The Bertz CT molecular complexity index is 1360. The van der Waals surface area contributed by atoms with Gasteiger partial charge in [0.1, 0.15) is 16.7 Å². The van der Waals surface area contributed by atoms with Crippen molar-refractivity contribution in [3.8, 4) is 11.3 Å². The first-order valence-electron chi connectivity index (χ1n) is 13.6. The van der Waals surface area contributed by atoms with Crippen molar-refractivity contribution < 1.29 is 0 Å².